The average Bonchev–Trinajstić information content (AvgIpc) is 2.44. The molecule has 0 heterocycles. The van der Waals surface area contributed by atoms with E-state index < -0.39 is 0 Å². The molecule has 4 heteroatoms. The van der Waals surface area contributed by atoms with Crippen molar-refractivity contribution in [2.24, 2.45) is 11.1 Å². The lowest BCUT2D eigenvalue weighted by molar-refractivity contribution is 0.0701. The van der Waals surface area contributed by atoms with Gasteiger partial charge in [0.1, 0.15) is 0 Å². The Bertz CT molecular complexity index is 471. The minimum absolute atomic E-state index is 0.0199. The van der Waals surface area contributed by atoms with E-state index >= 15 is 0 Å². The first-order valence-electron chi connectivity index (χ1n) is 6.43. The molecule has 1 amide bonds. The van der Waals surface area contributed by atoms with Crippen LogP contribution >= 0.6 is 0 Å². The second kappa shape index (κ2) is 6.35. The lowest BCUT2D eigenvalue weighted by Crippen LogP contribution is -2.41. The maximum absolute atomic E-state index is 12.4. The Kier molecular flexibility index (Phi) is 5.08. The molecule has 1 rings (SSSR count). The highest BCUT2D eigenvalue weighted by Gasteiger charge is 2.23. The molecule has 4 nitrogen and oxygen atoms in total. The zero-order chi connectivity index (χ0) is 14.5. The number of hydrogen-bond donors (Lipinski definition) is 1. The molecule has 0 fully saturated rings. The summed E-state index contributed by atoms with van der Waals surface area (Å²) >= 11 is 0. The van der Waals surface area contributed by atoms with E-state index in [1.54, 1.807) is 29.2 Å². The Morgan fingerprint density at radius 1 is 1.37 bits per heavy atom. The number of rotatable bonds is 5. The smallest absolute Gasteiger partial charge is 0.253 e. The van der Waals surface area contributed by atoms with Crippen molar-refractivity contribution in [3.05, 3.63) is 35.4 Å². The SMILES string of the molecule is CCN(CC(C)(C)CN)C(=O)c1ccc(C#N)cc1. The Balaban J connectivity index is 2.86. The summed E-state index contributed by atoms with van der Waals surface area (Å²) in [5.74, 6) is -0.0199. The Hall–Kier alpha value is -1.86. The Labute approximate surface area is 114 Å². The van der Waals surface area contributed by atoms with Crippen LogP contribution in [0.25, 0.3) is 0 Å². The van der Waals surface area contributed by atoms with Gasteiger partial charge in [0.15, 0.2) is 0 Å². The number of amides is 1. The molecule has 19 heavy (non-hydrogen) atoms. The second-order valence-electron chi connectivity index (χ2n) is 5.38. The van der Waals surface area contributed by atoms with Gasteiger partial charge < -0.3 is 10.6 Å². The van der Waals surface area contributed by atoms with Crippen LogP contribution < -0.4 is 5.73 Å². The molecule has 0 aromatic heterocycles. The van der Waals surface area contributed by atoms with E-state index in [4.69, 9.17) is 11.0 Å². The molecular formula is C15H21N3O. The zero-order valence-corrected chi connectivity index (χ0v) is 11.8. The van der Waals surface area contributed by atoms with E-state index in [0.717, 1.165) is 0 Å². The third-order valence-corrected chi connectivity index (χ3v) is 3.10. The average molecular weight is 259 g/mol. The molecule has 102 valence electrons. The van der Waals surface area contributed by atoms with Crippen LogP contribution in [-0.2, 0) is 0 Å². The molecule has 0 unspecified atom stereocenters. The lowest BCUT2D eigenvalue weighted by Gasteiger charge is -2.31. The number of hydrogen-bond acceptors (Lipinski definition) is 3. The van der Waals surface area contributed by atoms with Crippen molar-refractivity contribution in [2.45, 2.75) is 20.8 Å². The van der Waals surface area contributed by atoms with E-state index in [-0.39, 0.29) is 11.3 Å². The molecule has 0 spiro atoms. The molecular weight excluding hydrogens is 238 g/mol. The molecule has 0 saturated carbocycles. The summed E-state index contributed by atoms with van der Waals surface area (Å²) in [4.78, 5) is 14.2. The van der Waals surface area contributed by atoms with Crippen molar-refractivity contribution in [2.75, 3.05) is 19.6 Å². The van der Waals surface area contributed by atoms with Crippen molar-refractivity contribution in [1.29, 1.82) is 5.26 Å². The van der Waals surface area contributed by atoms with Gasteiger partial charge >= 0.3 is 0 Å². The summed E-state index contributed by atoms with van der Waals surface area (Å²) in [5, 5.41) is 8.75. The van der Waals surface area contributed by atoms with Crippen LogP contribution in [0, 0.1) is 16.7 Å². The fraction of sp³-hybridized carbons (Fsp3) is 0.467. The second-order valence-corrected chi connectivity index (χ2v) is 5.38. The van der Waals surface area contributed by atoms with Crippen molar-refractivity contribution in [3.8, 4) is 6.07 Å². The molecule has 1 aromatic carbocycles. The predicted octanol–water partition coefficient (Wildman–Crippen LogP) is 2.01. The van der Waals surface area contributed by atoms with Gasteiger partial charge in [-0.05, 0) is 43.1 Å². The van der Waals surface area contributed by atoms with E-state index in [0.29, 0.717) is 30.8 Å². The number of carbonyl (C=O) groups is 1. The van der Waals surface area contributed by atoms with Gasteiger partial charge in [-0.25, -0.2) is 0 Å². The minimum Gasteiger partial charge on any atom is -0.338 e. The predicted molar refractivity (Wildman–Crippen MR) is 75.6 cm³/mol. The van der Waals surface area contributed by atoms with Crippen LogP contribution in [0.3, 0.4) is 0 Å². The highest BCUT2D eigenvalue weighted by Crippen LogP contribution is 2.17. The molecule has 0 bridgehead atoms. The summed E-state index contributed by atoms with van der Waals surface area (Å²) in [6.45, 7) is 7.84. The number of carbonyl (C=O) groups excluding carboxylic acids is 1. The van der Waals surface area contributed by atoms with Crippen LogP contribution in [-0.4, -0.2) is 30.4 Å². The molecule has 0 aliphatic rings. The van der Waals surface area contributed by atoms with Crippen LogP contribution in [0.5, 0.6) is 0 Å². The van der Waals surface area contributed by atoms with E-state index in [2.05, 4.69) is 0 Å². The summed E-state index contributed by atoms with van der Waals surface area (Å²) < 4.78 is 0. The zero-order valence-electron chi connectivity index (χ0n) is 11.8. The van der Waals surface area contributed by atoms with Gasteiger partial charge in [0.2, 0.25) is 0 Å². The summed E-state index contributed by atoms with van der Waals surface area (Å²) in [7, 11) is 0. The highest BCUT2D eigenvalue weighted by molar-refractivity contribution is 5.94. The normalized spacial score (nSPS) is 10.9. The highest BCUT2D eigenvalue weighted by atomic mass is 16.2. The fourth-order valence-corrected chi connectivity index (χ4v) is 1.78. The van der Waals surface area contributed by atoms with Gasteiger partial charge in [0, 0.05) is 18.7 Å². The maximum atomic E-state index is 12.4. The van der Waals surface area contributed by atoms with E-state index in [1.165, 1.54) is 0 Å². The van der Waals surface area contributed by atoms with Crippen LogP contribution in [0.2, 0.25) is 0 Å². The summed E-state index contributed by atoms with van der Waals surface area (Å²) in [5.41, 5.74) is 6.78. The van der Waals surface area contributed by atoms with Gasteiger partial charge in [0.25, 0.3) is 5.91 Å². The number of nitrogens with two attached hydrogens (primary N) is 1. The Morgan fingerprint density at radius 3 is 2.37 bits per heavy atom. The first kappa shape index (κ1) is 15.2. The molecule has 2 N–H and O–H groups in total. The van der Waals surface area contributed by atoms with Gasteiger partial charge in [-0.15, -0.1) is 0 Å². The molecule has 0 radical (unpaired) electrons. The lowest BCUT2D eigenvalue weighted by atomic mass is 9.93. The van der Waals surface area contributed by atoms with Gasteiger partial charge in [-0.2, -0.15) is 5.26 Å². The van der Waals surface area contributed by atoms with Gasteiger partial charge in [-0.1, -0.05) is 13.8 Å². The van der Waals surface area contributed by atoms with Crippen molar-refractivity contribution in [1.82, 2.24) is 4.90 Å². The van der Waals surface area contributed by atoms with Crippen molar-refractivity contribution < 1.29 is 4.79 Å². The van der Waals surface area contributed by atoms with Crippen LogP contribution in [0.4, 0.5) is 0 Å². The largest absolute Gasteiger partial charge is 0.338 e. The number of benzene rings is 1. The molecule has 1 aromatic rings. The molecule has 0 atom stereocenters. The Morgan fingerprint density at radius 2 is 1.95 bits per heavy atom. The van der Waals surface area contributed by atoms with E-state index in [9.17, 15) is 4.79 Å². The number of nitriles is 1. The minimum atomic E-state index is -0.0989. The maximum Gasteiger partial charge on any atom is 0.253 e. The topological polar surface area (TPSA) is 70.1 Å². The molecule has 0 saturated heterocycles. The monoisotopic (exact) mass is 259 g/mol. The first-order valence-corrected chi connectivity index (χ1v) is 6.43. The third-order valence-electron chi connectivity index (χ3n) is 3.10. The van der Waals surface area contributed by atoms with Crippen molar-refractivity contribution in [3.63, 3.8) is 0 Å². The van der Waals surface area contributed by atoms with Gasteiger partial charge in [0.05, 0.1) is 11.6 Å². The third kappa shape index (κ3) is 4.08. The fourth-order valence-electron chi connectivity index (χ4n) is 1.78. The van der Waals surface area contributed by atoms with Gasteiger partial charge in [-0.3, -0.25) is 4.79 Å². The summed E-state index contributed by atoms with van der Waals surface area (Å²) in [6, 6.07) is 8.75. The first-order chi connectivity index (χ1) is 8.93. The molecule has 0 aliphatic heterocycles. The quantitative estimate of drug-likeness (QED) is 0.879. The van der Waals surface area contributed by atoms with Crippen LogP contribution in [0.15, 0.2) is 24.3 Å². The van der Waals surface area contributed by atoms with Crippen LogP contribution in [0.1, 0.15) is 36.7 Å². The van der Waals surface area contributed by atoms with Crippen molar-refractivity contribution >= 4 is 5.91 Å². The summed E-state index contributed by atoms with van der Waals surface area (Å²) in [6.07, 6.45) is 0. The number of nitrogens with zero attached hydrogens (tertiary/aromatic N) is 2. The standard InChI is InChI=1S/C15H21N3O/c1-4-18(11-15(2,3)10-17)14(19)13-7-5-12(9-16)6-8-13/h5-8H,4,10-11,17H2,1-3H3. The molecule has 0 aliphatic carbocycles. The van der Waals surface area contributed by atoms with E-state index in [1.807, 2.05) is 26.8 Å².